The summed E-state index contributed by atoms with van der Waals surface area (Å²) in [5.41, 5.74) is 0.696. The Morgan fingerprint density at radius 3 is 2.68 bits per heavy atom. The van der Waals surface area contributed by atoms with Crippen molar-refractivity contribution in [2.24, 2.45) is 0 Å². The molecule has 1 amide bonds. The molecule has 9 heteroatoms. The fourth-order valence-electron chi connectivity index (χ4n) is 3.40. The molecule has 146 valence electrons. The second kappa shape index (κ2) is 7.34. The van der Waals surface area contributed by atoms with Gasteiger partial charge in [-0.05, 0) is 26.0 Å². The maximum atomic E-state index is 12.4. The van der Waals surface area contributed by atoms with Gasteiger partial charge in [0.15, 0.2) is 5.76 Å². The second-order valence-electron chi connectivity index (χ2n) is 6.39. The molecule has 0 radical (unpaired) electrons. The Hall–Kier alpha value is -3.36. The van der Waals surface area contributed by atoms with E-state index in [1.807, 2.05) is 4.90 Å². The first-order valence-electron chi connectivity index (χ1n) is 9.09. The molecule has 0 saturated carbocycles. The average Bonchev–Trinajstić information content (AvgIpc) is 3.34. The Morgan fingerprint density at radius 1 is 1.21 bits per heavy atom. The first-order valence-corrected chi connectivity index (χ1v) is 9.09. The molecule has 0 unspecified atom stereocenters. The minimum absolute atomic E-state index is 0.135. The van der Waals surface area contributed by atoms with Crippen LogP contribution in [-0.4, -0.2) is 59.5 Å². The number of aryl methyl sites for hydroxylation is 1. The monoisotopic (exact) mass is 384 g/mol. The van der Waals surface area contributed by atoms with Crippen LogP contribution in [0.15, 0.2) is 33.6 Å². The molecule has 0 aromatic carbocycles. The average molecular weight is 384 g/mol. The van der Waals surface area contributed by atoms with E-state index in [4.69, 9.17) is 13.6 Å². The van der Waals surface area contributed by atoms with Crippen LogP contribution in [0.3, 0.4) is 0 Å². The number of carbonyl (C=O) groups is 2. The van der Waals surface area contributed by atoms with E-state index in [0.29, 0.717) is 60.2 Å². The molecule has 1 fully saturated rings. The molecule has 4 heterocycles. The van der Waals surface area contributed by atoms with Crippen molar-refractivity contribution in [1.29, 1.82) is 0 Å². The number of nitrogens with zero attached hydrogens (tertiary/aromatic N) is 4. The molecule has 4 rings (SSSR count). The van der Waals surface area contributed by atoms with Gasteiger partial charge in [0.25, 0.3) is 5.91 Å². The van der Waals surface area contributed by atoms with E-state index >= 15 is 0 Å². The van der Waals surface area contributed by atoms with Crippen molar-refractivity contribution < 1.29 is 23.2 Å². The summed E-state index contributed by atoms with van der Waals surface area (Å²) in [5, 5.41) is 0.546. The Morgan fingerprint density at radius 2 is 2.00 bits per heavy atom. The molecule has 1 aliphatic heterocycles. The zero-order valence-electron chi connectivity index (χ0n) is 15.7. The van der Waals surface area contributed by atoms with Gasteiger partial charge in [-0.1, -0.05) is 0 Å². The maximum absolute atomic E-state index is 12.4. The molecule has 1 saturated heterocycles. The normalized spacial score (nSPS) is 14.5. The number of hydrogen-bond acceptors (Lipinski definition) is 8. The van der Waals surface area contributed by atoms with Gasteiger partial charge in [-0.3, -0.25) is 4.79 Å². The number of aromatic nitrogens is 2. The molecule has 0 N–H and O–H groups in total. The number of rotatable bonds is 4. The molecular formula is C19H20N4O5. The Balaban J connectivity index is 1.60. The summed E-state index contributed by atoms with van der Waals surface area (Å²) >= 11 is 0. The lowest BCUT2D eigenvalue weighted by atomic mass is 10.1. The summed E-state index contributed by atoms with van der Waals surface area (Å²) in [6.07, 6.45) is 2.90. The van der Waals surface area contributed by atoms with Crippen molar-refractivity contribution in [3.05, 3.63) is 41.8 Å². The first kappa shape index (κ1) is 18.0. The van der Waals surface area contributed by atoms with Gasteiger partial charge < -0.3 is 23.4 Å². The predicted molar refractivity (Wildman–Crippen MR) is 99.3 cm³/mol. The molecule has 0 atom stereocenters. The maximum Gasteiger partial charge on any atom is 0.342 e. The number of anilines is 1. The molecule has 28 heavy (non-hydrogen) atoms. The quantitative estimate of drug-likeness (QED) is 0.631. The van der Waals surface area contributed by atoms with Crippen LogP contribution in [0.5, 0.6) is 0 Å². The summed E-state index contributed by atoms with van der Waals surface area (Å²) in [6, 6.07) is 3.35. The highest BCUT2D eigenvalue weighted by Crippen LogP contribution is 2.32. The van der Waals surface area contributed by atoms with Crippen molar-refractivity contribution >= 4 is 28.8 Å². The number of hydrogen-bond donors (Lipinski definition) is 0. The molecule has 0 spiro atoms. The highest BCUT2D eigenvalue weighted by molar-refractivity contribution is 6.07. The van der Waals surface area contributed by atoms with E-state index in [1.165, 1.54) is 12.6 Å². The van der Waals surface area contributed by atoms with Gasteiger partial charge in [0.1, 0.15) is 23.5 Å². The van der Waals surface area contributed by atoms with Crippen LogP contribution in [0.1, 0.15) is 33.6 Å². The lowest BCUT2D eigenvalue weighted by molar-refractivity contribution is 0.0526. The van der Waals surface area contributed by atoms with Crippen molar-refractivity contribution in [2.45, 2.75) is 13.8 Å². The SMILES string of the molecule is CCOC(=O)c1c(C)oc2ncnc(N3CCN(C(=O)c4ccco4)CC3)c12. The number of fused-ring (bicyclic) bond motifs is 1. The summed E-state index contributed by atoms with van der Waals surface area (Å²) in [6.45, 7) is 5.87. The van der Waals surface area contributed by atoms with Gasteiger partial charge >= 0.3 is 5.97 Å². The number of carbonyl (C=O) groups excluding carboxylic acids is 2. The van der Waals surface area contributed by atoms with E-state index in [9.17, 15) is 9.59 Å². The minimum atomic E-state index is -0.457. The minimum Gasteiger partial charge on any atom is -0.462 e. The van der Waals surface area contributed by atoms with Gasteiger partial charge in [0.2, 0.25) is 5.71 Å². The van der Waals surface area contributed by atoms with Crippen molar-refractivity contribution in [3.8, 4) is 0 Å². The van der Waals surface area contributed by atoms with E-state index in [2.05, 4.69) is 9.97 Å². The zero-order chi connectivity index (χ0) is 19.7. The lowest BCUT2D eigenvalue weighted by Crippen LogP contribution is -2.49. The van der Waals surface area contributed by atoms with Crippen molar-refractivity contribution in [3.63, 3.8) is 0 Å². The van der Waals surface area contributed by atoms with Gasteiger partial charge in [0, 0.05) is 26.2 Å². The largest absolute Gasteiger partial charge is 0.462 e. The highest BCUT2D eigenvalue weighted by Gasteiger charge is 2.29. The molecular weight excluding hydrogens is 364 g/mol. The third-order valence-corrected chi connectivity index (χ3v) is 4.72. The second-order valence-corrected chi connectivity index (χ2v) is 6.39. The third-order valence-electron chi connectivity index (χ3n) is 4.72. The lowest BCUT2D eigenvalue weighted by Gasteiger charge is -2.35. The number of ether oxygens (including phenoxy) is 1. The van der Waals surface area contributed by atoms with Crippen LogP contribution >= 0.6 is 0 Å². The van der Waals surface area contributed by atoms with E-state index < -0.39 is 5.97 Å². The highest BCUT2D eigenvalue weighted by atomic mass is 16.5. The smallest absolute Gasteiger partial charge is 0.342 e. The van der Waals surface area contributed by atoms with Gasteiger partial charge in [-0.25, -0.2) is 14.8 Å². The number of esters is 1. The van der Waals surface area contributed by atoms with E-state index in [0.717, 1.165) is 0 Å². The standard InChI is InChI=1S/C19H20N4O5/c1-3-26-19(25)14-12(2)28-17-15(14)16(20-11-21-17)22-6-8-23(9-7-22)18(24)13-5-4-10-27-13/h4-5,10-11H,3,6-9H2,1-2H3. The number of piperazine rings is 1. The Labute approximate surface area is 160 Å². The van der Waals surface area contributed by atoms with Gasteiger partial charge in [0.05, 0.1) is 18.3 Å². The molecule has 3 aromatic heterocycles. The summed E-state index contributed by atoms with van der Waals surface area (Å²) in [4.78, 5) is 37.2. The van der Waals surface area contributed by atoms with Crippen LogP contribution in [0.4, 0.5) is 5.82 Å². The summed E-state index contributed by atoms with van der Waals surface area (Å²) in [5.74, 6) is 0.787. The number of amides is 1. The molecule has 9 nitrogen and oxygen atoms in total. The van der Waals surface area contributed by atoms with Gasteiger partial charge in [-0.2, -0.15) is 0 Å². The summed E-state index contributed by atoms with van der Waals surface area (Å²) in [7, 11) is 0. The fraction of sp³-hybridized carbons (Fsp3) is 0.368. The molecule has 0 bridgehead atoms. The number of furan rings is 2. The van der Waals surface area contributed by atoms with Gasteiger partial charge in [-0.15, -0.1) is 0 Å². The van der Waals surface area contributed by atoms with Crippen molar-refractivity contribution in [2.75, 3.05) is 37.7 Å². The summed E-state index contributed by atoms with van der Waals surface area (Å²) < 4.78 is 16.0. The zero-order valence-corrected chi connectivity index (χ0v) is 15.7. The predicted octanol–water partition coefficient (Wildman–Crippen LogP) is 2.26. The van der Waals surface area contributed by atoms with Crippen LogP contribution in [0.2, 0.25) is 0 Å². The third kappa shape index (κ3) is 3.08. The molecule has 3 aromatic rings. The van der Waals surface area contributed by atoms with E-state index in [-0.39, 0.29) is 12.5 Å². The topological polar surface area (TPSA) is 102 Å². The van der Waals surface area contributed by atoms with Crippen LogP contribution in [-0.2, 0) is 4.74 Å². The van der Waals surface area contributed by atoms with Crippen LogP contribution in [0, 0.1) is 6.92 Å². The van der Waals surface area contributed by atoms with Crippen LogP contribution in [0.25, 0.3) is 11.1 Å². The molecule has 0 aliphatic carbocycles. The van der Waals surface area contributed by atoms with Crippen molar-refractivity contribution in [1.82, 2.24) is 14.9 Å². The van der Waals surface area contributed by atoms with Crippen LogP contribution < -0.4 is 4.90 Å². The Bertz CT molecular complexity index is 1000. The molecule has 1 aliphatic rings. The Kier molecular flexibility index (Phi) is 4.72. The fourth-order valence-corrected chi connectivity index (χ4v) is 3.40. The van der Waals surface area contributed by atoms with E-state index in [1.54, 1.807) is 30.9 Å². The first-order chi connectivity index (χ1) is 13.6.